The first-order chi connectivity index (χ1) is 13.2. The number of hydrogen-bond donors (Lipinski definition) is 0. The lowest BCUT2D eigenvalue weighted by atomic mass is 10.0. The molecular weight excluding hydrogens is 352 g/mol. The Kier molecular flexibility index (Phi) is 5.60. The minimum absolute atomic E-state index is 0.0896. The average molecular weight is 389 g/mol. The number of rotatable bonds is 5. The zero-order chi connectivity index (χ0) is 20.7. The first kappa shape index (κ1) is 20.9. The lowest BCUT2D eigenvalue weighted by Gasteiger charge is -2.44. The predicted molar refractivity (Wildman–Crippen MR) is 128 cm³/mol. The van der Waals surface area contributed by atoms with Gasteiger partial charge in [-0.3, -0.25) is 0 Å². The van der Waals surface area contributed by atoms with Crippen LogP contribution in [0.4, 0.5) is 0 Å². The molecule has 0 bridgehead atoms. The summed E-state index contributed by atoms with van der Waals surface area (Å²) in [5.41, 5.74) is 8.80. The maximum absolute atomic E-state index is 2.60. The molecule has 0 spiro atoms. The Hall–Kier alpha value is -1.86. The van der Waals surface area contributed by atoms with Crippen LogP contribution in [0.2, 0.25) is 11.6 Å². The van der Waals surface area contributed by atoms with Gasteiger partial charge >= 0.3 is 0 Å². The first-order valence-electron chi connectivity index (χ1n) is 10.8. The van der Waals surface area contributed by atoms with Crippen LogP contribution in [0.5, 0.6) is 0 Å². The van der Waals surface area contributed by atoms with E-state index in [0.717, 1.165) is 12.8 Å². The molecule has 148 valence electrons. The minimum atomic E-state index is -2.10. The lowest BCUT2D eigenvalue weighted by molar-refractivity contribution is 0.864. The summed E-state index contributed by atoms with van der Waals surface area (Å²) in [7, 11) is -2.10. The molecule has 0 N–H and O–H groups in total. The van der Waals surface area contributed by atoms with Gasteiger partial charge in [0.1, 0.15) is 8.07 Å². The fourth-order valence-corrected chi connectivity index (χ4v) is 9.91. The topological polar surface area (TPSA) is 0 Å². The van der Waals surface area contributed by atoms with Crippen molar-refractivity contribution in [2.24, 2.45) is 0 Å². The second kappa shape index (κ2) is 7.52. The Balaban J connectivity index is 2.38. The normalized spacial score (nSPS) is 21.6. The van der Waals surface area contributed by atoms with Gasteiger partial charge in [0.25, 0.3) is 0 Å². The predicted octanol–water partition coefficient (Wildman–Crippen LogP) is 6.37. The standard InChI is InChI=1S/C27H36Si/c1-9-23-15-24(10-2)17-26(16-23)28(8,25-13-11-12-19(3)14-25)27(7)18-20(4)21(5)22(27)6/h11-18H,9-10H2,1-8H3. The van der Waals surface area contributed by atoms with Crippen LogP contribution in [-0.4, -0.2) is 8.07 Å². The summed E-state index contributed by atoms with van der Waals surface area (Å²) in [5, 5.41) is 3.21. The molecule has 2 aromatic rings. The van der Waals surface area contributed by atoms with Gasteiger partial charge in [-0.15, -0.1) is 0 Å². The van der Waals surface area contributed by atoms with Gasteiger partial charge in [-0.1, -0.05) is 103 Å². The van der Waals surface area contributed by atoms with E-state index >= 15 is 0 Å². The maximum atomic E-state index is 2.60. The molecule has 0 heterocycles. The molecule has 2 aromatic carbocycles. The third-order valence-corrected chi connectivity index (χ3v) is 13.0. The quantitative estimate of drug-likeness (QED) is 0.522. The molecular formula is C27H36Si. The lowest BCUT2D eigenvalue weighted by Crippen LogP contribution is -2.63. The maximum Gasteiger partial charge on any atom is 0.128 e. The highest BCUT2D eigenvalue weighted by atomic mass is 28.3. The molecule has 28 heavy (non-hydrogen) atoms. The van der Waals surface area contributed by atoms with Crippen LogP contribution in [0, 0.1) is 6.92 Å². The largest absolute Gasteiger partial charge is 0.128 e. The molecule has 0 aromatic heterocycles. The molecule has 0 amide bonds. The molecule has 0 aliphatic heterocycles. The van der Waals surface area contributed by atoms with Gasteiger partial charge in [-0.25, -0.2) is 0 Å². The molecule has 0 fully saturated rings. The number of allylic oxidation sites excluding steroid dienone is 4. The summed E-state index contributed by atoms with van der Waals surface area (Å²) in [6.45, 7) is 18.8. The van der Waals surface area contributed by atoms with E-state index in [1.807, 2.05) is 0 Å². The molecule has 2 unspecified atom stereocenters. The third-order valence-electron chi connectivity index (χ3n) is 7.52. The van der Waals surface area contributed by atoms with Crippen molar-refractivity contribution < 1.29 is 0 Å². The van der Waals surface area contributed by atoms with Crippen molar-refractivity contribution >= 4 is 18.4 Å². The minimum Gasteiger partial charge on any atom is -0.0733 e. The van der Waals surface area contributed by atoms with Crippen molar-refractivity contribution in [2.45, 2.75) is 72.9 Å². The summed E-state index contributed by atoms with van der Waals surface area (Å²) >= 11 is 0. The highest BCUT2D eigenvalue weighted by Crippen LogP contribution is 2.52. The monoisotopic (exact) mass is 388 g/mol. The van der Waals surface area contributed by atoms with E-state index in [0.29, 0.717) is 0 Å². The molecule has 0 saturated heterocycles. The molecule has 0 saturated carbocycles. The van der Waals surface area contributed by atoms with Crippen LogP contribution >= 0.6 is 0 Å². The Labute approximate surface area is 173 Å². The van der Waals surface area contributed by atoms with Gasteiger partial charge in [0.2, 0.25) is 0 Å². The Morgan fingerprint density at radius 2 is 1.43 bits per heavy atom. The number of hydrogen-bond acceptors (Lipinski definition) is 0. The van der Waals surface area contributed by atoms with Crippen LogP contribution in [0.1, 0.15) is 58.2 Å². The van der Waals surface area contributed by atoms with E-state index in [-0.39, 0.29) is 5.04 Å². The van der Waals surface area contributed by atoms with E-state index < -0.39 is 8.07 Å². The van der Waals surface area contributed by atoms with E-state index in [9.17, 15) is 0 Å². The highest BCUT2D eigenvalue weighted by Gasteiger charge is 2.51. The third kappa shape index (κ3) is 3.14. The van der Waals surface area contributed by atoms with Crippen molar-refractivity contribution in [2.75, 3.05) is 0 Å². The highest BCUT2D eigenvalue weighted by molar-refractivity contribution is 7.04. The number of benzene rings is 2. The molecule has 3 rings (SSSR count). The average Bonchev–Trinajstić information content (AvgIpc) is 2.90. The molecule has 0 nitrogen and oxygen atoms in total. The van der Waals surface area contributed by atoms with Gasteiger partial charge in [0.05, 0.1) is 0 Å². The van der Waals surface area contributed by atoms with E-state index in [2.05, 4.69) is 104 Å². The van der Waals surface area contributed by atoms with E-state index in [1.165, 1.54) is 27.8 Å². The summed E-state index contributed by atoms with van der Waals surface area (Å²) in [6, 6.07) is 16.8. The van der Waals surface area contributed by atoms with Crippen LogP contribution < -0.4 is 10.4 Å². The second-order valence-corrected chi connectivity index (χ2v) is 13.5. The van der Waals surface area contributed by atoms with Crippen molar-refractivity contribution in [1.82, 2.24) is 0 Å². The zero-order valence-corrected chi connectivity index (χ0v) is 20.0. The van der Waals surface area contributed by atoms with Crippen molar-refractivity contribution in [3.63, 3.8) is 0 Å². The van der Waals surface area contributed by atoms with Gasteiger partial charge in [0, 0.05) is 5.04 Å². The second-order valence-electron chi connectivity index (χ2n) is 9.02. The summed E-state index contributed by atoms with van der Waals surface area (Å²) in [5.74, 6) is 0. The van der Waals surface area contributed by atoms with Gasteiger partial charge in [0.15, 0.2) is 0 Å². The fraction of sp³-hybridized carbons (Fsp3) is 0.407. The van der Waals surface area contributed by atoms with Crippen LogP contribution in [0.3, 0.4) is 0 Å². The first-order valence-corrected chi connectivity index (χ1v) is 13.3. The van der Waals surface area contributed by atoms with E-state index in [4.69, 9.17) is 0 Å². The van der Waals surface area contributed by atoms with Gasteiger partial charge < -0.3 is 0 Å². The van der Waals surface area contributed by atoms with Crippen molar-refractivity contribution in [3.8, 4) is 0 Å². The Morgan fingerprint density at radius 1 is 0.821 bits per heavy atom. The van der Waals surface area contributed by atoms with Crippen molar-refractivity contribution in [1.29, 1.82) is 0 Å². The molecule has 1 heteroatoms. The molecule has 2 atom stereocenters. The van der Waals surface area contributed by atoms with Crippen LogP contribution in [0.25, 0.3) is 0 Å². The summed E-state index contributed by atoms with van der Waals surface area (Å²) < 4.78 is 0. The van der Waals surface area contributed by atoms with Gasteiger partial charge in [-0.2, -0.15) is 0 Å². The van der Waals surface area contributed by atoms with Crippen LogP contribution in [0.15, 0.2) is 65.3 Å². The summed E-state index contributed by atoms with van der Waals surface area (Å²) in [6.07, 6.45) is 4.77. The SMILES string of the molecule is CCc1cc(CC)cc([Si](C)(c2cccc(C)c2)C2(C)C=C(C)C(C)=C2C)c1. The Morgan fingerprint density at radius 3 is 1.89 bits per heavy atom. The zero-order valence-electron chi connectivity index (χ0n) is 19.0. The molecule has 0 radical (unpaired) electrons. The molecule has 1 aliphatic rings. The van der Waals surface area contributed by atoms with Gasteiger partial charge in [-0.05, 0) is 57.2 Å². The van der Waals surface area contributed by atoms with Crippen molar-refractivity contribution in [3.05, 3.63) is 82.0 Å². The Bertz CT molecular complexity index is 940. The van der Waals surface area contributed by atoms with Crippen LogP contribution in [-0.2, 0) is 12.8 Å². The molecule has 1 aliphatic carbocycles. The smallest absolute Gasteiger partial charge is 0.0733 e. The summed E-state index contributed by atoms with van der Waals surface area (Å²) in [4.78, 5) is 0. The van der Waals surface area contributed by atoms with E-state index in [1.54, 1.807) is 15.9 Å². The number of aryl methyl sites for hydroxylation is 3. The fourth-order valence-electron chi connectivity index (χ4n) is 5.04.